The highest BCUT2D eigenvalue weighted by molar-refractivity contribution is 5.55. The molecule has 1 fully saturated rings. The molecule has 3 nitrogen and oxygen atoms in total. The zero-order valence-electron chi connectivity index (χ0n) is 13.3. The van der Waals surface area contributed by atoms with E-state index in [9.17, 15) is 0 Å². The summed E-state index contributed by atoms with van der Waals surface area (Å²) in [5, 5.41) is 3.54. The molecule has 1 aromatic carbocycles. The molecule has 1 aliphatic heterocycles. The summed E-state index contributed by atoms with van der Waals surface area (Å²) in [6, 6.07) is 7.30. The number of nitrogens with zero attached hydrogens (tertiary/aromatic N) is 1. The number of hydrogen-bond donors (Lipinski definition) is 1. The van der Waals surface area contributed by atoms with E-state index in [1.807, 2.05) is 0 Å². The second kappa shape index (κ2) is 7.09. The van der Waals surface area contributed by atoms with Gasteiger partial charge in [0.2, 0.25) is 0 Å². The lowest BCUT2D eigenvalue weighted by Gasteiger charge is -2.35. The minimum Gasteiger partial charge on any atom is -0.375 e. The van der Waals surface area contributed by atoms with E-state index in [1.54, 1.807) is 0 Å². The maximum Gasteiger partial charge on any atom is 0.0748 e. The van der Waals surface area contributed by atoms with Gasteiger partial charge in [-0.25, -0.2) is 0 Å². The van der Waals surface area contributed by atoms with Crippen LogP contribution in [0.1, 0.15) is 38.3 Å². The maximum atomic E-state index is 5.78. The van der Waals surface area contributed by atoms with Crippen LogP contribution in [-0.4, -0.2) is 31.8 Å². The number of morpholine rings is 1. The van der Waals surface area contributed by atoms with Crippen LogP contribution in [0.3, 0.4) is 0 Å². The Labute approximate surface area is 123 Å². The average Bonchev–Trinajstić information content (AvgIpc) is 2.45. The number of hydrogen-bond acceptors (Lipinski definition) is 3. The molecule has 0 aliphatic carbocycles. The molecule has 2 rings (SSSR count). The standard InChI is InChI=1S/C17H28N2O/c1-5-16-12-19(8-9-20-16)17-7-6-14(4)10-15(17)11-18-13(2)3/h6-7,10,13,16,18H,5,8-9,11-12H2,1-4H3. The van der Waals surface area contributed by atoms with E-state index in [0.717, 1.165) is 32.7 Å². The van der Waals surface area contributed by atoms with Gasteiger partial charge >= 0.3 is 0 Å². The second-order valence-electron chi connectivity index (χ2n) is 6.01. The molecule has 0 amide bonds. The van der Waals surface area contributed by atoms with Gasteiger partial charge in [0.15, 0.2) is 0 Å². The van der Waals surface area contributed by atoms with E-state index >= 15 is 0 Å². The molecule has 1 aromatic rings. The molecule has 1 unspecified atom stereocenters. The van der Waals surface area contributed by atoms with Crippen LogP contribution in [0.4, 0.5) is 5.69 Å². The molecule has 1 heterocycles. The number of ether oxygens (including phenoxy) is 1. The Morgan fingerprint density at radius 2 is 2.20 bits per heavy atom. The molecule has 0 bridgehead atoms. The van der Waals surface area contributed by atoms with Gasteiger partial charge in [-0.1, -0.05) is 38.5 Å². The normalized spacial score (nSPS) is 19.6. The highest BCUT2D eigenvalue weighted by Crippen LogP contribution is 2.24. The van der Waals surface area contributed by atoms with Crippen LogP contribution in [-0.2, 0) is 11.3 Å². The predicted octanol–water partition coefficient (Wildman–Crippen LogP) is 3.11. The number of rotatable bonds is 5. The first-order valence-electron chi connectivity index (χ1n) is 7.79. The molecule has 3 heteroatoms. The molecular formula is C17H28N2O. The minimum absolute atomic E-state index is 0.371. The van der Waals surface area contributed by atoms with Crippen LogP contribution in [0.25, 0.3) is 0 Å². The summed E-state index contributed by atoms with van der Waals surface area (Å²) >= 11 is 0. The van der Waals surface area contributed by atoms with Crippen molar-refractivity contribution in [1.29, 1.82) is 0 Å². The third kappa shape index (κ3) is 3.97. The SMILES string of the molecule is CCC1CN(c2ccc(C)cc2CNC(C)C)CCO1. The fourth-order valence-corrected chi connectivity index (χ4v) is 2.66. The highest BCUT2D eigenvalue weighted by atomic mass is 16.5. The van der Waals surface area contributed by atoms with E-state index < -0.39 is 0 Å². The van der Waals surface area contributed by atoms with Gasteiger partial charge in [-0.2, -0.15) is 0 Å². The van der Waals surface area contributed by atoms with Gasteiger partial charge in [0.25, 0.3) is 0 Å². The van der Waals surface area contributed by atoms with Gasteiger partial charge in [-0.15, -0.1) is 0 Å². The number of nitrogens with one attached hydrogen (secondary N) is 1. The van der Waals surface area contributed by atoms with Crippen molar-refractivity contribution in [3.8, 4) is 0 Å². The fourth-order valence-electron chi connectivity index (χ4n) is 2.66. The topological polar surface area (TPSA) is 24.5 Å². The van der Waals surface area contributed by atoms with Gasteiger partial charge in [-0.05, 0) is 25.0 Å². The minimum atomic E-state index is 0.371. The Bertz CT molecular complexity index is 431. The van der Waals surface area contributed by atoms with Crippen LogP contribution < -0.4 is 10.2 Å². The molecular weight excluding hydrogens is 248 g/mol. The Balaban J connectivity index is 2.16. The van der Waals surface area contributed by atoms with E-state index in [1.165, 1.54) is 16.8 Å². The van der Waals surface area contributed by atoms with E-state index in [4.69, 9.17) is 4.74 Å². The molecule has 1 aliphatic rings. The van der Waals surface area contributed by atoms with Gasteiger partial charge < -0.3 is 15.0 Å². The van der Waals surface area contributed by atoms with Crippen LogP contribution in [0, 0.1) is 6.92 Å². The van der Waals surface area contributed by atoms with Gasteiger partial charge in [0.05, 0.1) is 12.7 Å². The largest absolute Gasteiger partial charge is 0.375 e. The smallest absolute Gasteiger partial charge is 0.0748 e. The quantitative estimate of drug-likeness (QED) is 0.894. The monoisotopic (exact) mass is 276 g/mol. The summed E-state index contributed by atoms with van der Waals surface area (Å²) in [4.78, 5) is 2.48. The zero-order valence-corrected chi connectivity index (χ0v) is 13.3. The first-order valence-corrected chi connectivity index (χ1v) is 7.79. The van der Waals surface area contributed by atoms with E-state index in [2.05, 4.69) is 56.1 Å². The van der Waals surface area contributed by atoms with Crippen molar-refractivity contribution in [3.63, 3.8) is 0 Å². The third-order valence-corrected chi connectivity index (χ3v) is 3.87. The molecule has 20 heavy (non-hydrogen) atoms. The summed E-state index contributed by atoms with van der Waals surface area (Å²) in [5.74, 6) is 0. The first kappa shape index (κ1) is 15.3. The van der Waals surface area contributed by atoms with Crippen LogP contribution >= 0.6 is 0 Å². The fraction of sp³-hybridized carbons (Fsp3) is 0.647. The summed E-state index contributed by atoms with van der Waals surface area (Å²) in [6.07, 6.45) is 1.46. The number of anilines is 1. The lowest BCUT2D eigenvalue weighted by molar-refractivity contribution is 0.0384. The Hall–Kier alpha value is -1.06. The maximum absolute atomic E-state index is 5.78. The Morgan fingerprint density at radius 3 is 2.90 bits per heavy atom. The van der Waals surface area contributed by atoms with Crippen LogP contribution in [0.2, 0.25) is 0 Å². The second-order valence-corrected chi connectivity index (χ2v) is 6.01. The van der Waals surface area contributed by atoms with E-state index in [0.29, 0.717) is 12.1 Å². The molecule has 0 spiro atoms. The molecule has 0 saturated carbocycles. The van der Waals surface area contributed by atoms with Crippen molar-refractivity contribution >= 4 is 5.69 Å². The lowest BCUT2D eigenvalue weighted by Crippen LogP contribution is -2.42. The van der Waals surface area contributed by atoms with Crippen molar-refractivity contribution in [3.05, 3.63) is 29.3 Å². The van der Waals surface area contributed by atoms with Gasteiger partial charge in [0.1, 0.15) is 0 Å². The Kier molecular flexibility index (Phi) is 5.44. The van der Waals surface area contributed by atoms with Crippen LogP contribution in [0.15, 0.2) is 18.2 Å². The van der Waals surface area contributed by atoms with Crippen molar-refractivity contribution in [2.24, 2.45) is 0 Å². The highest BCUT2D eigenvalue weighted by Gasteiger charge is 2.21. The summed E-state index contributed by atoms with van der Waals surface area (Å²) < 4.78 is 5.78. The molecule has 1 atom stereocenters. The van der Waals surface area contributed by atoms with Gasteiger partial charge in [-0.3, -0.25) is 0 Å². The summed E-state index contributed by atoms with van der Waals surface area (Å²) in [5.41, 5.74) is 4.09. The Morgan fingerprint density at radius 1 is 1.40 bits per heavy atom. The molecule has 1 saturated heterocycles. The van der Waals surface area contributed by atoms with Gasteiger partial charge in [0, 0.05) is 31.4 Å². The lowest BCUT2D eigenvalue weighted by atomic mass is 10.1. The summed E-state index contributed by atoms with van der Waals surface area (Å²) in [7, 11) is 0. The molecule has 0 aromatic heterocycles. The molecule has 1 N–H and O–H groups in total. The molecule has 0 radical (unpaired) electrons. The number of benzene rings is 1. The average molecular weight is 276 g/mol. The third-order valence-electron chi connectivity index (χ3n) is 3.87. The van der Waals surface area contributed by atoms with E-state index in [-0.39, 0.29) is 0 Å². The number of aryl methyl sites for hydroxylation is 1. The first-order chi connectivity index (χ1) is 9.60. The molecule has 112 valence electrons. The van der Waals surface area contributed by atoms with Crippen molar-refractivity contribution in [2.75, 3.05) is 24.6 Å². The van der Waals surface area contributed by atoms with Crippen molar-refractivity contribution in [1.82, 2.24) is 5.32 Å². The van der Waals surface area contributed by atoms with Crippen molar-refractivity contribution < 1.29 is 4.74 Å². The predicted molar refractivity (Wildman–Crippen MR) is 85.4 cm³/mol. The summed E-state index contributed by atoms with van der Waals surface area (Å²) in [6.45, 7) is 12.5. The van der Waals surface area contributed by atoms with Crippen LogP contribution in [0.5, 0.6) is 0 Å². The van der Waals surface area contributed by atoms with Crippen molar-refractivity contribution in [2.45, 2.75) is 52.8 Å². The zero-order chi connectivity index (χ0) is 14.5.